The van der Waals surface area contributed by atoms with Crippen LogP contribution in [0.5, 0.6) is 5.75 Å². The van der Waals surface area contributed by atoms with Crippen molar-refractivity contribution in [1.82, 2.24) is 5.32 Å². The quantitative estimate of drug-likeness (QED) is 0.751. The van der Waals surface area contributed by atoms with Gasteiger partial charge in [0.05, 0.1) is 6.10 Å². The van der Waals surface area contributed by atoms with Gasteiger partial charge in [-0.1, -0.05) is 0 Å². The molecule has 1 aliphatic carbocycles. The van der Waals surface area contributed by atoms with Gasteiger partial charge in [-0.25, -0.2) is 0 Å². The molecule has 20 heavy (non-hydrogen) atoms. The fourth-order valence-electron chi connectivity index (χ4n) is 3.26. The number of amides is 1. The Balaban J connectivity index is 1.66. The molecule has 1 aliphatic heterocycles. The van der Waals surface area contributed by atoms with Crippen LogP contribution in [0, 0.1) is 11.8 Å². The van der Waals surface area contributed by atoms with Gasteiger partial charge in [0, 0.05) is 5.56 Å². The summed E-state index contributed by atoms with van der Waals surface area (Å²) < 4.78 is 5.88. The molecule has 108 valence electrons. The lowest BCUT2D eigenvalue weighted by Crippen LogP contribution is -2.42. The lowest BCUT2D eigenvalue weighted by molar-refractivity contribution is -0.0231. The molecule has 0 spiro atoms. The first kappa shape index (κ1) is 13.4. The zero-order chi connectivity index (χ0) is 14.1. The van der Waals surface area contributed by atoms with Gasteiger partial charge in [0.2, 0.25) is 5.91 Å². The van der Waals surface area contributed by atoms with Crippen LogP contribution in [0.1, 0.15) is 23.2 Å². The Kier molecular flexibility index (Phi) is 3.63. The van der Waals surface area contributed by atoms with Crippen molar-refractivity contribution in [2.45, 2.75) is 25.0 Å². The summed E-state index contributed by atoms with van der Waals surface area (Å²) in [6.45, 7) is 2.01. The number of nitrogens with two attached hydrogens (primary N) is 1. The standard InChI is InChI=1S/C15H20N2O3/c16-15(19)9-1-3-12(4-2-9)20-14-6-11-8-17-7-10(11)5-13(14)18/h1-4,10-11,13-14,17-18H,5-8H2,(H2,16,19)/t10-,11+,13+,14+/m0/s1. The maximum absolute atomic E-state index is 11.0. The predicted molar refractivity (Wildman–Crippen MR) is 74.5 cm³/mol. The molecule has 0 unspecified atom stereocenters. The van der Waals surface area contributed by atoms with E-state index < -0.39 is 12.0 Å². The number of carbonyl (C=O) groups excluding carboxylic acids is 1. The minimum atomic E-state index is -0.450. The average molecular weight is 276 g/mol. The van der Waals surface area contributed by atoms with Crippen LogP contribution in [0.3, 0.4) is 0 Å². The number of carbonyl (C=O) groups is 1. The zero-order valence-corrected chi connectivity index (χ0v) is 11.3. The monoisotopic (exact) mass is 276 g/mol. The van der Waals surface area contributed by atoms with Crippen molar-refractivity contribution in [2.75, 3.05) is 13.1 Å². The summed E-state index contributed by atoms with van der Waals surface area (Å²) in [6.07, 6.45) is 1.07. The van der Waals surface area contributed by atoms with E-state index in [9.17, 15) is 9.90 Å². The molecule has 1 aromatic carbocycles. The van der Waals surface area contributed by atoms with Gasteiger partial charge in [0.15, 0.2) is 0 Å². The maximum Gasteiger partial charge on any atom is 0.248 e. The minimum Gasteiger partial charge on any atom is -0.488 e. The number of ether oxygens (including phenoxy) is 1. The second-order valence-electron chi connectivity index (χ2n) is 5.76. The largest absolute Gasteiger partial charge is 0.488 e. The van der Waals surface area contributed by atoms with E-state index in [0.29, 0.717) is 23.1 Å². The van der Waals surface area contributed by atoms with Crippen molar-refractivity contribution < 1.29 is 14.6 Å². The number of benzene rings is 1. The topological polar surface area (TPSA) is 84.6 Å². The summed E-state index contributed by atoms with van der Waals surface area (Å²) in [7, 11) is 0. The lowest BCUT2D eigenvalue weighted by atomic mass is 9.78. The molecule has 1 saturated heterocycles. The highest BCUT2D eigenvalue weighted by Crippen LogP contribution is 2.34. The predicted octanol–water partition coefficient (Wildman–Crippen LogP) is 0.523. The van der Waals surface area contributed by atoms with E-state index in [1.807, 2.05) is 0 Å². The first-order chi connectivity index (χ1) is 9.63. The highest BCUT2D eigenvalue weighted by atomic mass is 16.5. The lowest BCUT2D eigenvalue weighted by Gasteiger charge is -2.35. The summed E-state index contributed by atoms with van der Waals surface area (Å²) in [6, 6.07) is 6.75. The molecule has 0 radical (unpaired) electrons. The van der Waals surface area contributed by atoms with Gasteiger partial charge in [-0.2, -0.15) is 0 Å². The van der Waals surface area contributed by atoms with Crippen molar-refractivity contribution in [1.29, 1.82) is 0 Å². The summed E-state index contributed by atoms with van der Waals surface area (Å²) >= 11 is 0. The molecule has 1 aromatic rings. The highest BCUT2D eigenvalue weighted by molar-refractivity contribution is 5.92. The number of primary amides is 1. The van der Waals surface area contributed by atoms with E-state index in [1.54, 1.807) is 24.3 Å². The van der Waals surface area contributed by atoms with Crippen molar-refractivity contribution in [3.8, 4) is 5.75 Å². The molecule has 4 N–H and O–H groups in total. The van der Waals surface area contributed by atoms with Gasteiger partial charge in [-0.3, -0.25) is 4.79 Å². The fourth-order valence-corrected chi connectivity index (χ4v) is 3.26. The van der Waals surface area contributed by atoms with Gasteiger partial charge in [-0.05, 0) is 62.0 Å². The zero-order valence-electron chi connectivity index (χ0n) is 11.3. The number of rotatable bonds is 3. The highest BCUT2D eigenvalue weighted by Gasteiger charge is 2.39. The molecule has 4 atom stereocenters. The van der Waals surface area contributed by atoms with Crippen LogP contribution in [0.15, 0.2) is 24.3 Å². The van der Waals surface area contributed by atoms with E-state index in [0.717, 1.165) is 25.9 Å². The third kappa shape index (κ3) is 2.64. The van der Waals surface area contributed by atoms with E-state index in [4.69, 9.17) is 10.5 Å². The van der Waals surface area contributed by atoms with Crippen molar-refractivity contribution in [3.05, 3.63) is 29.8 Å². The summed E-state index contributed by atoms with van der Waals surface area (Å²) in [4.78, 5) is 11.0. The molecule has 1 saturated carbocycles. The first-order valence-corrected chi connectivity index (χ1v) is 7.09. The molecular formula is C15H20N2O3. The number of hydrogen-bond acceptors (Lipinski definition) is 4. The van der Waals surface area contributed by atoms with Crippen LogP contribution in [0.25, 0.3) is 0 Å². The van der Waals surface area contributed by atoms with Crippen LogP contribution >= 0.6 is 0 Å². The molecule has 1 amide bonds. The van der Waals surface area contributed by atoms with Gasteiger partial charge in [0.25, 0.3) is 0 Å². The second-order valence-corrected chi connectivity index (χ2v) is 5.76. The molecule has 3 rings (SSSR count). The van der Waals surface area contributed by atoms with Crippen molar-refractivity contribution in [2.24, 2.45) is 17.6 Å². The normalized spacial score (nSPS) is 32.6. The van der Waals surface area contributed by atoms with Gasteiger partial charge in [0.1, 0.15) is 11.9 Å². The number of aliphatic hydroxyl groups is 1. The summed E-state index contributed by atoms with van der Waals surface area (Å²) in [5.41, 5.74) is 5.66. The summed E-state index contributed by atoms with van der Waals surface area (Å²) in [5, 5.41) is 13.6. The van der Waals surface area contributed by atoms with Gasteiger partial charge in [-0.15, -0.1) is 0 Å². The SMILES string of the molecule is NC(=O)c1ccc(O[C@@H]2C[C@@H]3CNC[C@@H]3C[C@H]2O)cc1. The molecule has 5 nitrogen and oxygen atoms in total. The van der Waals surface area contributed by atoms with Crippen LogP contribution in [0.2, 0.25) is 0 Å². The van der Waals surface area contributed by atoms with Crippen LogP contribution in [0.4, 0.5) is 0 Å². The number of aliphatic hydroxyl groups excluding tert-OH is 1. The Morgan fingerprint density at radius 1 is 1.20 bits per heavy atom. The first-order valence-electron chi connectivity index (χ1n) is 7.09. The van der Waals surface area contributed by atoms with Crippen LogP contribution in [-0.4, -0.2) is 36.3 Å². The summed E-state index contributed by atoms with van der Waals surface area (Å²) in [5.74, 6) is 1.38. The van der Waals surface area contributed by atoms with E-state index >= 15 is 0 Å². The van der Waals surface area contributed by atoms with Gasteiger partial charge >= 0.3 is 0 Å². The molecule has 2 fully saturated rings. The number of hydrogen-bond donors (Lipinski definition) is 3. The third-order valence-corrected chi connectivity index (χ3v) is 4.41. The molecule has 0 aromatic heterocycles. The van der Waals surface area contributed by atoms with Crippen LogP contribution in [-0.2, 0) is 0 Å². The molecule has 0 bridgehead atoms. The maximum atomic E-state index is 11.0. The molecule has 2 aliphatic rings. The molecule has 5 heteroatoms. The molecular weight excluding hydrogens is 256 g/mol. The Bertz CT molecular complexity index is 488. The van der Waals surface area contributed by atoms with E-state index in [2.05, 4.69) is 5.32 Å². The van der Waals surface area contributed by atoms with Crippen LogP contribution < -0.4 is 15.8 Å². The Hall–Kier alpha value is -1.59. The average Bonchev–Trinajstić information content (AvgIpc) is 2.87. The third-order valence-electron chi connectivity index (χ3n) is 4.41. The van der Waals surface area contributed by atoms with E-state index in [-0.39, 0.29) is 6.10 Å². The Morgan fingerprint density at radius 3 is 2.50 bits per heavy atom. The minimum absolute atomic E-state index is 0.171. The number of fused-ring (bicyclic) bond motifs is 1. The second kappa shape index (κ2) is 5.42. The van der Waals surface area contributed by atoms with Crippen molar-refractivity contribution >= 4 is 5.91 Å². The molecule has 1 heterocycles. The smallest absolute Gasteiger partial charge is 0.248 e. The number of nitrogens with one attached hydrogen (secondary N) is 1. The Labute approximate surface area is 118 Å². The Morgan fingerprint density at radius 2 is 1.85 bits per heavy atom. The van der Waals surface area contributed by atoms with Crippen molar-refractivity contribution in [3.63, 3.8) is 0 Å². The fraction of sp³-hybridized carbons (Fsp3) is 0.533. The van der Waals surface area contributed by atoms with Gasteiger partial charge < -0.3 is 20.9 Å². The van der Waals surface area contributed by atoms with E-state index in [1.165, 1.54) is 0 Å².